The van der Waals surface area contributed by atoms with Gasteiger partial charge in [-0.15, -0.1) is 11.3 Å². The summed E-state index contributed by atoms with van der Waals surface area (Å²) in [6.45, 7) is 3.40. The van der Waals surface area contributed by atoms with Crippen molar-refractivity contribution in [1.29, 1.82) is 0 Å². The van der Waals surface area contributed by atoms with Crippen molar-refractivity contribution in [2.75, 3.05) is 31.1 Å². The molecular formula is C14H22N4OS. The van der Waals surface area contributed by atoms with Gasteiger partial charge in [0.1, 0.15) is 0 Å². The van der Waals surface area contributed by atoms with E-state index in [2.05, 4.69) is 9.88 Å². The summed E-state index contributed by atoms with van der Waals surface area (Å²) in [5, 5.41) is 3.05. The molecule has 1 aliphatic heterocycles. The van der Waals surface area contributed by atoms with Crippen LogP contribution >= 0.6 is 11.3 Å². The number of nitrogens with two attached hydrogens (primary N) is 1. The first kappa shape index (κ1) is 13.8. The maximum Gasteiger partial charge on any atom is 0.242 e. The molecule has 110 valence electrons. The molecule has 3 rings (SSSR count). The van der Waals surface area contributed by atoms with Crippen molar-refractivity contribution < 1.29 is 4.79 Å². The second-order valence-corrected chi connectivity index (χ2v) is 6.68. The molecule has 0 aromatic carbocycles. The minimum absolute atomic E-state index is 0.163. The lowest BCUT2D eigenvalue weighted by atomic mass is 9.97. The lowest BCUT2D eigenvalue weighted by Gasteiger charge is -2.30. The number of anilines is 1. The fourth-order valence-corrected chi connectivity index (χ4v) is 3.92. The van der Waals surface area contributed by atoms with Crippen molar-refractivity contribution in [3.8, 4) is 0 Å². The van der Waals surface area contributed by atoms with Crippen LogP contribution in [0.3, 0.4) is 0 Å². The molecule has 1 aromatic rings. The Labute approximate surface area is 123 Å². The van der Waals surface area contributed by atoms with Crippen LogP contribution in [0.4, 0.5) is 5.13 Å². The molecule has 5 nitrogen and oxygen atoms in total. The Bertz CT molecular complexity index is 456. The number of amides is 1. The Hall–Kier alpha value is -1.14. The van der Waals surface area contributed by atoms with E-state index in [-0.39, 0.29) is 5.91 Å². The lowest BCUT2D eigenvalue weighted by Crippen LogP contribution is -2.54. The van der Waals surface area contributed by atoms with Crippen LogP contribution in [0.1, 0.15) is 32.1 Å². The van der Waals surface area contributed by atoms with Gasteiger partial charge in [-0.1, -0.05) is 12.8 Å². The number of aromatic nitrogens is 1. The molecule has 0 unspecified atom stereocenters. The monoisotopic (exact) mass is 294 g/mol. The molecule has 0 bridgehead atoms. The first-order chi connectivity index (χ1) is 9.69. The average molecular weight is 294 g/mol. The first-order valence-electron chi connectivity index (χ1n) is 7.42. The summed E-state index contributed by atoms with van der Waals surface area (Å²) in [6, 6.07) is 0. The van der Waals surface area contributed by atoms with E-state index in [1.54, 1.807) is 11.3 Å². The van der Waals surface area contributed by atoms with Gasteiger partial charge in [-0.25, -0.2) is 4.98 Å². The molecule has 0 atom stereocenters. The highest BCUT2D eigenvalue weighted by Gasteiger charge is 2.40. The second kappa shape index (κ2) is 5.69. The molecular weight excluding hydrogens is 272 g/mol. The van der Waals surface area contributed by atoms with Crippen LogP contribution in [0.2, 0.25) is 0 Å². The minimum atomic E-state index is -0.587. The summed E-state index contributed by atoms with van der Waals surface area (Å²) in [4.78, 5) is 21.2. The maximum atomic E-state index is 12.6. The topological polar surface area (TPSA) is 62.5 Å². The summed E-state index contributed by atoms with van der Waals surface area (Å²) in [6.07, 6.45) is 6.68. The third-order valence-corrected chi connectivity index (χ3v) is 5.23. The molecule has 2 fully saturated rings. The number of carbonyl (C=O) groups is 1. The van der Waals surface area contributed by atoms with Crippen molar-refractivity contribution >= 4 is 22.4 Å². The minimum Gasteiger partial charge on any atom is -0.346 e. The van der Waals surface area contributed by atoms with Crippen molar-refractivity contribution in [1.82, 2.24) is 9.88 Å². The van der Waals surface area contributed by atoms with Crippen LogP contribution in [0.15, 0.2) is 11.6 Å². The maximum absolute atomic E-state index is 12.6. The molecule has 2 N–H and O–H groups in total. The predicted octanol–water partition coefficient (Wildman–Crippen LogP) is 1.45. The van der Waals surface area contributed by atoms with E-state index in [9.17, 15) is 4.79 Å². The zero-order chi connectivity index (χ0) is 14.0. The Morgan fingerprint density at radius 3 is 2.70 bits per heavy atom. The quantitative estimate of drug-likeness (QED) is 0.897. The fraction of sp³-hybridized carbons (Fsp3) is 0.714. The fourth-order valence-electron chi connectivity index (χ4n) is 3.22. The van der Waals surface area contributed by atoms with Gasteiger partial charge in [-0.05, 0) is 19.3 Å². The number of hydrogen-bond donors (Lipinski definition) is 1. The standard InChI is InChI=1S/C14H22N4OS/c15-14(4-1-2-5-14)12(19)17-7-3-8-18(10-9-17)13-16-6-11-20-13/h6,11H,1-5,7-10,15H2. The molecule has 1 aliphatic carbocycles. The Morgan fingerprint density at radius 2 is 2.00 bits per heavy atom. The molecule has 1 aromatic heterocycles. The van der Waals surface area contributed by atoms with Crippen LogP contribution in [-0.4, -0.2) is 47.5 Å². The number of rotatable bonds is 2. The smallest absolute Gasteiger partial charge is 0.242 e. The third kappa shape index (κ3) is 2.67. The van der Waals surface area contributed by atoms with Gasteiger partial charge >= 0.3 is 0 Å². The van der Waals surface area contributed by atoms with Crippen LogP contribution < -0.4 is 10.6 Å². The van der Waals surface area contributed by atoms with Gasteiger partial charge in [-0.3, -0.25) is 4.79 Å². The zero-order valence-electron chi connectivity index (χ0n) is 11.8. The molecule has 20 heavy (non-hydrogen) atoms. The van der Waals surface area contributed by atoms with Gasteiger partial charge in [-0.2, -0.15) is 0 Å². The van der Waals surface area contributed by atoms with Crippen molar-refractivity contribution in [3.63, 3.8) is 0 Å². The highest BCUT2D eigenvalue weighted by Crippen LogP contribution is 2.29. The lowest BCUT2D eigenvalue weighted by molar-refractivity contribution is -0.136. The van der Waals surface area contributed by atoms with Crippen molar-refractivity contribution in [2.24, 2.45) is 5.73 Å². The Kier molecular flexibility index (Phi) is 3.94. The van der Waals surface area contributed by atoms with E-state index in [4.69, 9.17) is 5.73 Å². The Balaban J connectivity index is 1.64. The molecule has 2 aliphatic rings. The predicted molar refractivity (Wildman–Crippen MR) is 80.9 cm³/mol. The largest absolute Gasteiger partial charge is 0.346 e. The third-order valence-electron chi connectivity index (χ3n) is 4.39. The van der Waals surface area contributed by atoms with E-state index in [0.29, 0.717) is 0 Å². The van der Waals surface area contributed by atoms with Crippen molar-refractivity contribution in [2.45, 2.75) is 37.6 Å². The SMILES string of the molecule is NC1(C(=O)N2CCCN(c3nccs3)CC2)CCCC1. The summed E-state index contributed by atoms with van der Waals surface area (Å²) < 4.78 is 0. The highest BCUT2D eigenvalue weighted by atomic mass is 32.1. The highest BCUT2D eigenvalue weighted by molar-refractivity contribution is 7.13. The molecule has 1 amide bonds. The average Bonchev–Trinajstić information content (AvgIpc) is 3.07. The number of nitrogens with zero attached hydrogens (tertiary/aromatic N) is 3. The van der Waals surface area contributed by atoms with Crippen molar-refractivity contribution in [3.05, 3.63) is 11.6 Å². The number of thiazole rings is 1. The van der Waals surface area contributed by atoms with E-state index in [1.165, 1.54) is 0 Å². The summed E-state index contributed by atoms with van der Waals surface area (Å²) >= 11 is 1.66. The summed E-state index contributed by atoms with van der Waals surface area (Å²) in [5.74, 6) is 0.163. The molecule has 2 heterocycles. The number of hydrogen-bond acceptors (Lipinski definition) is 5. The Morgan fingerprint density at radius 1 is 1.20 bits per heavy atom. The first-order valence-corrected chi connectivity index (χ1v) is 8.30. The van der Waals surface area contributed by atoms with Gasteiger partial charge < -0.3 is 15.5 Å². The zero-order valence-corrected chi connectivity index (χ0v) is 12.6. The normalized spacial score (nSPS) is 22.9. The molecule has 1 saturated carbocycles. The van der Waals surface area contributed by atoms with Gasteiger partial charge in [0.25, 0.3) is 0 Å². The van der Waals surface area contributed by atoms with Crippen LogP contribution in [0, 0.1) is 0 Å². The van der Waals surface area contributed by atoms with Crippen LogP contribution in [-0.2, 0) is 4.79 Å². The molecule has 6 heteroatoms. The molecule has 0 spiro atoms. The van der Waals surface area contributed by atoms with Crippen LogP contribution in [0.25, 0.3) is 0 Å². The van der Waals surface area contributed by atoms with Gasteiger partial charge in [0, 0.05) is 37.8 Å². The van der Waals surface area contributed by atoms with Gasteiger partial charge in [0.2, 0.25) is 5.91 Å². The summed E-state index contributed by atoms with van der Waals surface area (Å²) in [5.41, 5.74) is 5.71. The second-order valence-electron chi connectivity index (χ2n) is 5.81. The summed E-state index contributed by atoms with van der Waals surface area (Å²) in [7, 11) is 0. The molecule has 0 radical (unpaired) electrons. The molecule has 1 saturated heterocycles. The van der Waals surface area contributed by atoms with E-state index in [0.717, 1.165) is 63.4 Å². The van der Waals surface area contributed by atoms with E-state index < -0.39 is 5.54 Å². The van der Waals surface area contributed by atoms with Gasteiger partial charge in [0.15, 0.2) is 5.13 Å². The van der Waals surface area contributed by atoms with E-state index in [1.807, 2.05) is 16.5 Å². The van der Waals surface area contributed by atoms with Crippen LogP contribution in [0.5, 0.6) is 0 Å². The van der Waals surface area contributed by atoms with E-state index >= 15 is 0 Å². The van der Waals surface area contributed by atoms with Gasteiger partial charge in [0.05, 0.1) is 5.54 Å². The number of carbonyl (C=O) groups excluding carboxylic acids is 1.